The molecule has 1 amide bonds. The summed E-state index contributed by atoms with van der Waals surface area (Å²) in [5, 5.41) is 2.90. The van der Waals surface area contributed by atoms with Crippen molar-refractivity contribution >= 4 is 24.1 Å². The number of aromatic nitrogens is 1. The molecule has 1 heterocycles. The monoisotopic (exact) mass is 367 g/mol. The second-order valence-corrected chi connectivity index (χ2v) is 8.20. The summed E-state index contributed by atoms with van der Waals surface area (Å²) in [5.74, 6) is -0.141. The molecule has 0 spiro atoms. The summed E-state index contributed by atoms with van der Waals surface area (Å²) in [6.07, 6.45) is 3.09. The lowest BCUT2D eigenvalue weighted by molar-refractivity contribution is 0.0896. The molecule has 0 aliphatic heterocycles. The molecule has 1 aromatic heterocycles. The van der Waals surface area contributed by atoms with Gasteiger partial charge in [0.15, 0.2) is 5.78 Å². The Labute approximate surface area is 153 Å². The number of hydrogen-bond acceptors (Lipinski definition) is 4. The Balaban J connectivity index is 0.00000225. The molecule has 1 unspecified atom stereocenters. The van der Waals surface area contributed by atoms with Gasteiger partial charge in [-0.2, -0.15) is 0 Å². The smallest absolute Gasteiger partial charge is 0.261 e. The van der Waals surface area contributed by atoms with Gasteiger partial charge in [-0.05, 0) is 43.6 Å². The van der Waals surface area contributed by atoms with Gasteiger partial charge in [0.05, 0.1) is 5.54 Å². The highest BCUT2D eigenvalue weighted by molar-refractivity contribution is 6.02. The van der Waals surface area contributed by atoms with Gasteiger partial charge in [-0.25, -0.2) is 0 Å². The van der Waals surface area contributed by atoms with E-state index in [9.17, 15) is 14.4 Å². The first-order valence-electron chi connectivity index (χ1n) is 8.47. The van der Waals surface area contributed by atoms with Crippen LogP contribution in [0.4, 0.5) is 0 Å². The Morgan fingerprint density at radius 2 is 2.00 bits per heavy atom. The average molecular weight is 368 g/mol. The number of hydrogen-bond donors (Lipinski definition) is 3. The van der Waals surface area contributed by atoms with Gasteiger partial charge in [0.1, 0.15) is 5.56 Å². The first-order valence-corrected chi connectivity index (χ1v) is 8.47. The van der Waals surface area contributed by atoms with Crippen molar-refractivity contribution in [1.29, 1.82) is 0 Å². The van der Waals surface area contributed by atoms with Crippen molar-refractivity contribution in [2.75, 3.05) is 6.54 Å². The molecular formula is C18H26ClN3O3. The maximum absolute atomic E-state index is 12.6. The third-order valence-corrected chi connectivity index (χ3v) is 5.26. The highest BCUT2D eigenvalue weighted by Gasteiger charge is 2.42. The summed E-state index contributed by atoms with van der Waals surface area (Å²) in [5.41, 5.74) is 5.75. The van der Waals surface area contributed by atoms with Gasteiger partial charge in [0, 0.05) is 24.2 Å². The van der Waals surface area contributed by atoms with E-state index >= 15 is 0 Å². The minimum atomic E-state index is -0.509. The zero-order chi connectivity index (χ0) is 17.7. The number of rotatable bonds is 4. The quantitative estimate of drug-likeness (QED) is 0.754. The largest absolute Gasteiger partial charge is 0.345 e. The first kappa shape index (κ1) is 19.7. The number of halogens is 1. The molecule has 0 saturated heterocycles. The van der Waals surface area contributed by atoms with E-state index in [2.05, 4.69) is 10.3 Å². The summed E-state index contributed by atoms with van der Waals surface area (Å²) in [6, 6.07) is 1.45. The predicted octanol–water partition coefficient (Wildman–Crippen LogP) is 1.81. The van der Waals surface area contributed by atoms with E-state index in [1.54, 1.807) is 0 Å². The first-order chi connectivity index (χ1) is 11.1. The zero-order valence-electron chi connectivity index (χ0n) is 14.9. The second-order valence-electron chi connectivity index (χ2n) is 8.20. The summed E-state index contributed by atoms with van der Waals surface area (Å²) >= 11 is 0. The van der Waals surface area contributed by atoms with Crippen LogP contribution in [0.25, 0.3) is 0 Å². The summed E-state index contributed by atoms with van der Waals surface area (Å²) in [6.45, 7) is 6.21. The van der Waals surface area contributed by atoms with Gasteiger partial charge >= 0.3 is 0 Å². The molecule has 1 atom stereocenters. The fraction of sp³-hybridized carbons (Fsp3) is 0.611. The summed E-state index contributed by atoms with van der Waals surface area (Å²) in [7, 11) is 0. The Hall–Kier alpha value is -1.66. The third-order valence-electron chi connectivity index (χ3n) is 5.26. The Bertz CT molecular complexity index is 767. The molecule has 2 aliphatic rings. The molecule has 0 aromatic carbocycles. The van der Waals surface area contributed by atoms with Crippen molar-refractivity contribution in [3.05, 3.63) is 33.2 Å². The van der Waals surface area contributed by atoms with Crippen LogP contribution in [0.2, 0.25) is 0 Å². The van der Waals surface area contributed by atoms with E-state index in [0.717, 1.165) is 12.8 Å². The maximum atomic E-state index is 12.6. The van der Waals surface area contributed by atoms with E-state index in [4.69, 9.17) is 5.73 Å². The van der Waals surface area contributed by atoms with Crippen molar-refractivity contribution in [2.24, 2.45) is 17.1 Å². The second kappa shape index (κ2) is 6.57. The van der Waals surface area contributed by atoms with E-state index in [1.165, 1.54) is 6.07 Å². The summed E-state index contributed by atoms with van der Waals surface area (Å²) < 4.78 is 0. The van der Waals surface area contributed by atoms with Crippen molar-refractivity contribution in [2.45, 2.75) is 52.0 Å². The Morgan fingerprint density at radius 1 is 1.36 bits per heavy atom. The lowest BCUT2D eigenvalue weighted by atomic mass is 9.75. The van der Waals surface area contributed by atoms with Gasteiger partial charge in [-0.15, -0.1) is 12.4 Å². The van der Waals surface area contributed by atoms with Gasteiger partial charge in [-0.1, -0.05) is 13.8 Å². The van der Waals surface area contributed by atoms with E-state index in [1.807, 2.05) is 20.8 Å². The number of carbonyl (C=O) groups is 2. The topological polar surface area (TPSA) is 105 Å². The highest BCUT2D eigenvalue weighted by atomic mass is 35.5. The normalized spacial score (nSPS) is 20.9. The average Bonchev–Trinajstić information content (AvgIpc) is 3.29. The number of nitrogens with two attached hydrogens (primary N) is 1. The van der Waals surface area contributed by atoms with Crippen molar-refractivity contribution in [3.63, 3.8) is 0 Å². The molecule has 0 radical (unpaired) electrons. The van der Waals surface area contributed by atoms with Gasteiger partial charge in [0.2, 0.25) is 0 Å². The van der Waals surface area contributed by atoms with Crippen LogP contribution in [0.3, 0.4) is 0 Å². The Kier molecular flexibility index (Phi) is 5.17. The fourth-order valence-corrected chi connectivity index (χ4v) is 3.56. The fourth-order valence-electron chi connectivity index (χ4n) is 3.56. The van der Waals surface area contributed by atoms with Gasteiger partial charge in [-0.3, -0.25) is 14.4 Å². The van der Waals surface area contributed by atoms with Crippen LogP contribution in [0, 0.1) is 11.3 Å². The van der Waals surface area contributed by atoms with Crippen LogP contribution in [0.15, 0.2) is 10.9 Å². The highest BCUT2D eigenvalue weighted by Crippen LogP contribution is 2.39. The number of carbonyl (C=O) groups excluding carboxylic acids is 2. The number of pyridine rings is 1. The van der Waals surface area contributed by atoms with Crippen LogP contribution in [-0.4, -0.2) is 28.8 Å². The minimum Gasteiger partial charge on any atom is -0.345 e. The van der Waals surface area contributed by atoms with Crippen LogP contribution < -0.4 is 16.6 Å². The number of fused-ring (bicyclic) bond motifs is 1. The molecule has 25 heavy (non-hydrogen) atoms. The third kappa shape index (κ3) is 3.80. The SMILES string of the molecule is CC1(C)CC(=O)c2cc(C(=O)NC(C)(CN)C3CC3)c(=O)[nH]c2C1.Cl. The lowest BCUT2D eigenvalue weighted by Crippen LogP contribution is -2.54. The molecular weight excluding hydrogens is 342 g/mol. The molecule has 4 N–H and O–H groups in total. The molecule has 1 saturated carbocycles. The molecule has 6 nitrogen and oxygen atoms in total. The van der Waals surface area contributed by atoms with Crippen LogP contribution in [0.1, 0.15) is 66.4 Å². The predicted molar refractivity (Wildman–Crippen MR) is 98.4 cm³/mol. The number of H-pyrrole nitrogens is 1. The lowest BCUT2D eigenvalue weighted by Gasteiger charge is -2.31. The molecule has 0 bridgehead atoms. The molecule has 3 rings (SSSR count). The van der Waals surface area contributed by atoms with E-state index in [-0.39, 0.29) is 29.2 Å². The summed E-state index contributed by atoms with van der Waals surface area (Å²) in [4.78, 5) is 40.1. The van der Waals surface area contributed by atoms with Crippen LogP contribution >= 0.6 is 12.4 Å². The van der Waals surface area contributed by atoms with Crippen LogP contribution in [-0.2, 0) is 6.42 Å². The number of nitrogens with one attached hydrogen (secondary N) is 2. The van der Waals surface area contributed by atoms with Crippen molar-refractivity contribution < 1.29 is 9.59 Å². The van der Waals surface area contributed by atoms with Gasteiger partial charge < -0.3 is 16.0 Å². The Morgan fingerprint density at radius 3 is 2.56 bits per heavy atom. The van der Waals surface area contributed by atoms with E-state index in [0.29, 0.717) is 36.6 Å². The molecule has 7 heteroatoms. The molecule has 1 fully saturated rings. The van der Waals surface area contributed by atoms with E-state index < -0.39 is 17.0 Å². The minimum absolute atomic E-state index is 0. The number of aromatic amines is 1. The molecule has 138 valence electrons. The number of ketones is 1. The zero-order valence-corrected chi connectivity index (χ0v) is 15.7. The molecule has 1 aromatic rings. The maximum Gasteiger partial charge on any atom is 0.261 e. The van der Waals surface area contributed by atoms with Crippen molar-refractivity contribution in [3.8, 4) is 0 Å². The standard InChI is InChI=1S/C18H25N3O3.ClH/c1-17(2)7-13-11(14(22)8-17)6-12(15(23)20-13)16(24)21-18(3,9-19)10-4-5-10;/h6,10H,4-5,7-9,19H2,1-3H3,(H,20,23)(H,21,24);1H. The number of amides is 1. The van der Waals surface area contributed by atoms with Crippen LogP contribution in [0.5, 0.6) is 0 Å². The molecule has 2 aliphatic carbocycles. The van der Waals surface area contributed by atoms with Crippen molar-refractivity contribution in [1.82, 2.24) is 10.3 Å². The number of Topliss-reactive ketones (excluding diaryl/α,β-unsaturated/α-hetero) is 1. The van der Waals surface area contributed by atoms with Gasteiger partial charge in [0.25, 0.3) is 11.5 Å².